The van der Waals surface area contributed by atoms with Gasteiger partial charge in [0.15, 0.2) is 5.76 Å². The monoisotopic (exact) mass is 431 g/mol. The molecular weight excluding hydrogens is 406 g/mol. The quantitative estimate of drug-likeness (QED) is 0.481. The summed E-state index contributed by atoms with van der Waals surface area (Å²) < 4.78 is 0. The molecule has 0 bridgehead atoms. The molecule has 3 aromatic carbocycles. The highest BCUT2D eigenvalue weighted by atomic mass is 35.5. The van der Waals surface area contributed by atoms with E-state index in [9.17, 15) is 9.90 Å². The van der Waals surface area contributed by atoms with E-state index < -0.39 is 6.04 Å². The number of aryl methyl sites for hydroxylation is 1. The van der Waals surface area contributed by atoms with Crippen molar-refractivity contribution in [1.29, 1.82) is 0 Å². The third-order valence-electron chi connectivity index (χ3n) is 5.88. The van der Waals surface area contributed by atoms with Crippen LogP contribution in [0, 0.1) is 6.92 Å². The van der Waals surface area contributed by atoms with Gasteiger partial charge in [-0.25, -0.2) is 0 Å². The van der Waals surface area contributed by atoms with Gasteiger partial charge in [0.25, 0.3) is 5.91 Å². The molecule has 158 valence electrons. The Morgan fingerprint density at radius 2 is 1.61 bits per heavy atom. The minimum atomic E-state index is -0.396. The van der Waals surface area contributed by atoms with E-state index in [0.717, 1.165) is 22.3 Å². The van der Waals surface area contributed by atoms with Gasteiger partial charge in [-0.1, -0.05) is 97.7 Å². The van der Waals surface area contributed by atoms with Gasteiger partial charge in [0.1, 0.15) is 0 Å². The van der Waals surface area contributed by atoms with Crippen LogP contribution in [-0.2, 0) is 11.3 Å². The normalized spacial score (nSPS) is 16.5. The Kier molecular flexibility index (Phi) is 5.88. The van der Waals surface area contributed by atoms with Crippen LogP contribution in [0.4, 0.5) is 0 Å². The molecule has 3 nitrogen and oxygen atoms in total. The molecule has 1 aliphatic heterocycles. The van der Waals surface area contributed by atoms with Crippen LogP contribution in [0.2, 0.25) is 5.02 Å². The highest BCUT2D eigenvalue weighted by molar-refractivity contribution is 6.31. The maximum atomic E-state index is 13.2. The van der Waals surface area contributed by atoms with Gasteiger partial charge in [0, 0.05) is 17.1 Å². The first-order valence-corrected chi connectivity index (χ1v) is 10.9. The third kappa shape index (κ3) is 4.11. The van der Waals surface area contributed by atoms with Gasteiger partial charge in [0.2, 0.25) is 0 Å². The molecule has 4 rings (SSSR count). The summed E-state index contributed by atoms with van der Waals surface area (Å²) in [5.74, 6) is -0.165. The molecule has 1 heterocycles. The number of carbonyl (C=O) groups excluding carboxylic acids is 1. The van der Waals surface area contributed by atoms with Crippen molar-refractivity contribution in [3.05, 3.63) is 111 Å². The Bertz CT molecular complexity index is 1130. The second kappa shape index (κ2) is 8.60. The summed E-state index contributed by atoms with van der Waals surface area (Å²) in [5, 5.41) is 11.5. The van der Waals surface area contributed by atoms with Crippen LogP contribution in [0.1, 0.15) is 53.6 Å². The van der Waals surface area contributed by atoms with Crippen molar-refractivity contribution in [1.82, 2.24) is 4.90 Å². The molecule has 1 aliphatic rings. The van der Waals surface area contributed by atoms with Crippen molar-refractivity contribution in [3.63, 3.8) is 0 Å². The molecule has 1 amide bonds. The summed E-state index contributed by atoms with van der Waals surface area (Å²) in [7, 11) is 0. The molecular formula is C27H26ClNO2. The second-order valence-electron chi connectivity index (χ2n) is 8.38. The van der Waals surface area contributed by atoms with Gasteiger partial charge in [0.05, 0.1) is 6.04 Å². The molecule has 0 saturated carbocycles. The van der Waals surface area contributed by atoms with E-state index in [0.29, 0.717) is 23.1 Å². The lowest BCUT2D eigenvalue weighted by Gasteiger charge is -2.28. The lowest BCUT2D eigenvalue weighted by molar-refractivity contribution is -0.130. The topological polar surface area (TPSA) is 40.5 Å². The van der Waals surface area contributed by atoms with E-state index in [2.05, 4.69) is 38.1 Å². The zero-order valence-electron chi connectivity index (χ0n) is 18.0. The molecule has 0 saturated heterocycles. The Balaban J connectivity index is 1.81. The number of rotatable bonds is 5. The first-order chi connectivity index (χ1) is 14.9. The zero-order chi connectivity index (χ0) is 22.1. The highest BCUT2D eigenvalue weighted by Crippen LogP contribution is 2.44. The fraction of sp³-hybridized carbons (Fsp3) is 0.222. The fourth-order valence-electron chi connectivity index (χ4n) is 4.06. The predicted octanol–water partition coefficient (Wildman–Crippen LogP) is 6.82. The van der Waals surface area contributed by atoms with Crippen molar-refractivity contribution < 1.29 is 9.90 Å². The second-order valence-corrected chi connectivity index (χ2v) is 8.78. The predicted molar refractivity (Wildman–Crippen MR) is 126 cm³/mol. The van der Waals surface area contributed by atoms with E-state index in [-0.39, 0.29) is 11.7 Å². The molecule has 0 aromatic heterocycles. The molecule has 1 atom stereocenters. The van der Waals surface area contributed by atoms with Gasteiger partial charge in [-0.15, -0.1) is 0 Å². The lowest BCUT2D eigenvalue weighted by Crippen LogP contribution is -2.30. The summed E-state index contributed by atoms with van der Waals surface area (Å²) in [6.07, 6.45) is 0. The van der Waals surface area contributed by atoms with Crippen LogP contribution >= 0.6 is 11.6 Å². The van der Waals surface area contributed by atoms with Gasteiger partial charge < -0.3 is 10.0 Å². The molecule has 0 aliphatic carbocycles. The van der Waals surface area contributed by atoms with E-state index in [1.54, 1.807) is 4.90 Å². The molecule has 3 aromatic rings. The number of hydrogen-bond acceptors (Lipinski definition) is 2. The van der Waals surface area contributed by atoms with Crippen LogP contribution < -0.4 is 0 Å². The van der Waals surface area contributed by atoms with Crippen molar-refractivity contribution in [2.45, 2.75) is 39.3 Å². The van der Waals surface area contributed by atoms with E-state index >= 15 is 0 Å². The van der Waals surface area contributed by atoms with Crippen LogP contribution in [0.15, 0.2) is 78.6 Å². The maximum absolute atomic E-state index is 13.2. The number of hydrogen-bond donors (Lipinski definition) is 1. The Hall–Kier alpha value is -3.04. The first-order valence-electron chi connectivity index (χ1n) is 10.5. The summed E-state index contributed by atoms with van der Waals surface area (Å²) in [6.45, 7) is 6.64. The van der Waals surface area contributed by atoms with Gasteiger partial charge in [-0.3, -0.25) is 4.79 Å². The third-order valence-corrected chi connectivity index (χ3v) is 6.25. The molecule has 1 N–H and O–H groups in total. The number of aliphatic hydroxyl groups excluding tert-OH is 1. The standard InChI is InChI=1S/C27H26ClNO2/c1-17(2)19-12-14-21(15-13-19)25-24(20-10-8-18(3)9-11-20)26(30)27(31)29(25)16-22-6-4-5-7-23(22)28/h4-15,17,25,30H,16H2,1-3H3/t25-/m1/s1. The minimum absolute atomic E-state index is 0.200. The number of benzene rings is 3. The summed E-state index contributed by atoms with van der Waals surface area (Å²) >= 11 is 6.39. The molecule has 0 fully saturated rings. The van der Waals surface area contributed by atoms with Crippen molar-refractivity contribution in [2.75, 3.05) is 0 Å². The molecule has 4 heteroatoms. The van der Waals surface area contributed by atoms with Crippen molar-refractivity contribution in [2.24, 2.45) is 0 Å². The minimum Gasteiger partial charge on any atom is -0.503 e. The van der Waals surface area contributed by atoms with Crippen LogP contribution in [0.5, 0.6) is 0 Å². The first kappa shape index (κ1) is 21.2. The SMILES string of the molecule is Cc1ccc(C2=C(O)C(=O)N(Cc3ccccc3Cl)[C@@H]2c2ccc(C(C)C)cc2)cc1. The molecule has 31 heavy (non-hydrogen) atoms. The molecule has 0 spiro atoms. The largest absolute Gasteiger partial charge is 0.503 e. The summed E-state index contributed by atoms with van der Waals surface area (Å²) in [6, 6.07) is 23.3. The summed E-state index contributed by atoms with van der Waals surface area (Å²) in [5.41, 5.74) is 5.64. The van der Waals surface area contributed by atoms with E-state index in [1.807, 2.05) is 55.5 Å². The van der Waals surface area contributed by atoms with Gasteiger partial charge >= 0.3 is 0 Å². The molecule has 0 unspecified atom stereocenters. The smallest absolute Gasteiger partial charge is 0.290 e. The lowest BCUT2D eigenvalue weighted by atomic mass is 9.91. The van der Waals surface area contributed by atoms with Gasteiger partial charge in [-0.2, -0.15) is 0 Å². The van der Waals surface area contributed by atoms with Crippen molar-refractivity contribution >= 4 is 23.1 Å². The van der Waals surface area contributed by atoms with Crippen LogP contribution in [0.3, 0.4) is 0 Å². The van der Waals surface area contributed by atoms with E-state index in [1.165, 1.54) is 5.56 Å². The Morgan fingerprint density at radius 3 is 2.23 bits per heavy atom. The highest BCUT2D eigenvalue weighted by Gasteiger charge is 2.41. The number of amides is 1. The van der Waals surface area contributed by atoms with Crippen molar-refractivity contribution in [3.8, 4) is 0 Å². The van der Waals surface area contributed by atoms with Crippen LogP contribution in [-0.4, -0.2) is 15.9 Å². The number of nitrogens with zero attached hydrogens (tertiary/aromatic N) is 1. The number of aliphatic hydroxyl groups is 1. The average Bonchev–Trinajstić information content (AvgIpc) is 3.01. The average molecular weight is 432 g/mol. The zero-order valence-corrected chi connectivity index (χ0v) is 18.7. The summed E-state index contributed by atoms with van der Waals surface area (Å²) in [4.78, 5) is 14.9. The van der Waals surface area contributed by atoms with Crippen LogP contribution in [0.25, 0.3) is 5.57 Å². The molecule has 0 radical (unpaired) electrons. The fourth-order valence-corrected chi connectivity index (χ4v) is 4.26. The number of carbonyl (C=O) groups is 1. The van der Waals surface area contributed by atoms with E-state index in [4.69, 9.17) is 11.6 Å². The number of halogens is 1. The Morgan fingerprint density at radius 1 is 0.968 bits per heavy atom. The Labute approximate surface area is 188 Å². The maximum Gasteiger partial charge on any atom is 0.290 e. The van der Waals surface area contributed by atoms with Gasteiger partial charge in [-0.05, 0) is 41.2 Å².